The molecule has 0 radical (unpaired) electrons. The van der Waals surface area contributed by atoms with Crippen LogP contribution in [0.2, 0.25) is 109 Å². The molecule has 0 amide bonds. The van der Waals surface area contributed by atoms with Gasteiger partial charge in [-0.15, -0.1) is 0 Å². The van der Waals surface area contributed by atoms with E-state index in [-0.39, 0.29) is 46.2 Å². The van der Waals surface area contributed by atoms with Crippen LogP contribution in [0.4, 0.5) is 0 Å². The molecule has 0 aliphatic carbocycles. The first-order valence-corrected chi connectivity index (χ1v) is 59.0. The molecular weight excluding hydrogens is 1620 g/mol. The Bertz CT molecular complexity index is 3360. The minimum atomic E-state index is -2.80. The molecule has 22 fully saturated rings. The second-order valence-corrected chi connectivity index (χ2v) is 71.1. The SMILES string of the molecule is CC(C)(C)[Si](C)(C)OC[C@H]1O[C@@H]2O[C@H]3[C@H](O)[C@@H](O)[C@@H](O[C@H]4[C@H](O)[C@@H](O)[C@@H](O[C@H]5[C@H](O)[C@H](OCc6ccc(C#N)cc6)[C@@H](O[C@H]6[C@H](O)[C@@H](O)[C@@H](O[C@H]7[C@H](O)[C@@H](O)[C@@H](O[C@H]1[C@H](O)[C@H]2O)O[C@@H]7CO[Si](C)(C)C(C)(C)C)O[C@@H]6CO[Si](C)(C)C(C)(C)C)O[C@@H]5CO[Si](C)(C)C(C)(C)C)O[C@@H]4CO[Si](C)(C)C(C)(C)C)O[C@@H]3CO[Si](C)(C)C(C)(C)C. The average molecular weight is 1770 g/mol. The van der Waals surface area contributed by atoms with Crippen LogP contribution in [-0.2, 0) is 94.7 Å². The Hall–Kier alpha value is -1.19. The van der Waals surface area contributed by atoms with Crippen LogP contribution in [0.15, 0.2) is 24.3 Å². The van der Waals surface area contributed by atoms with Crippen molar-refractivity contribution in [2.75, 3.05) is 39.6 Å². The molecule has 12 bridgehead atoms. The van der Waals surface area contributed by atoms with Gasteiger partial charge in [-0.05, 0) is 126 Å². The molecule has 22 aliphatic rings. The Morgan fingerprint density at radius 2 is 0.453 bits per heavy atom. The molecule has 0 aromatic heterocycles. The van der Waals surface area contributed by atoms with E-state index in [2.05, 4.69) is 6.07 Å². The summed E-state index contributed by atoms with van der Waals surface area (Å²) in [4.78, 5) is 0. The van der Waals surface area contributed by atoms with Gasteiger partial charge in [0.15, 0.2) is 87.6 Å². The van der Waals surface area contributed by atoms with Crippen molar-refractivity contribution in [3.8, 4) is 6.07 Å². The van der Waals surface area contributed by atoms with Gasteiger partial charge in [0.2, 0.25) is 0 Å². The molecule has 30 atom stereocenters. The van der Waals surface area contributed by atoms with E-state index in [4.69, 9.17) is 88.1 Å². The Morgan fingerprint density at radius 3 is 0.641 bits per heavy atom. The van der Waals surface area contributed by atoms with E-state index >= 15 is 0 Å². The van der Waals surface area contributed by atoms with Crippen molar-refractivity contribution >= 4 is 49.9 Å². The van der Waals surface area contributed by atoms with Crippen molar-refractivity contribution in [3.05, 3.63) is 35.4 Å². The van der Waals surface area contributed by atoms with Crippen LogP contribution in [0, 0.1) is 11.3 Å². The Labute approximate surface area is 701 Å². The molecule has 0 spiro atoms. The van der Waals surface area contributed by atoms with Gasteiger partial charge in [0, 0.05) is 0 Å². The average Bonchev–Trinajstić information content (AvgIpc) is 0.763. The summed E-state index contributed by atoms with van der Waals surface area (Å²) in [7, 11) is -16.7. The van der Waals surface area contributed by atoms with Crippen LogP contribution in [0.5, 0.6) is 0 Å². The first-order chi connectivity index (χ1) is 53.3. The summed E-state index contributed by atoms with van der Waals surface area (Å²) in [5.74, 6) is 0. The molecule has 22 heterocycles. The van der Waals surface area contributed by atoms with Crippen molar-refractivity contribution in [2.24, 2.45) is 0 Å². The maximum atomic E-state index is 13.4. The van der Waals surface area contributed by atoms with Crippen LogP contribution >= 0.6 is 0 Å². The third-order valence-corrected chi connectivity index (χ3v) is 54.6. The summed E-state index contributed by atoms with van der Waals surface area (Å²) < 4.78 is 129. The second-order valence-electron chi connectivity index (χ2n) is 42.3. The van der Waals surface area contributed by atoms with Crippen LogP contribution < -0.4 is 0 Å². The van der Waals surface area contributed by atoms with Crippen LogP contribution in [0.3, 0.4) is 0 Å². The number of benzene rings is 1. The highest BCUT2D eigenvalue weighted by Gasteiger charge is 2.62. The van der Waals surface area contributed by atoms with E-state index in [1.54, 1.807) is 24.3 Å². The van der Waals surface area contributed by atoms with E-state index < -0.39 is 264 Å². The number of ether oxygens (including phenoxy) is 13. The molecule has 678 valence electrons. The normalized spacial score (nSPS) is 38.2. The molecular formula is C80H149NO30Si6. The standard InChI is InChI=1S/C80H149NO30Si6/c1-75(2,3)112(19,20)94-37-45-62-51(82)56(87)69(100-45)106-63-46(38-95-113(21,22)76(4,5)6)101-71(57(88)52(63)83)108-65-48(40-97-115(25,26)78(10,11)12)103-73(59(90)54(65)85)110-67-50(42-99-117(29,30)80(16,17)18)105-74(68(61(67)92)93-36-44-33-31-43(35-81)32-34-44)111-66-49(41-98-116(27,28)79(13,14)15)104-72(60(91)55(66)86)109-64-47(39-96-114(23,24)77(7,8)9)102-70(107-62)58(89)53(64)84/h31-34,45-74,82-92H,36-42H2,1-30H3/t45-,46-,47-,48-,49-,50-,51-,52-,53-,54-,55-,56-,57-,58-,59-,60-,61+,62-,63-,64-,65-,66-,67-,68+,69-,70-,71-,72-,73-,74-/m1/s1. The van der Waals surface area contributed by atoms with Crippen molar-refractivity contribution in [1.82, 2.24) is 0 Å². The predicted octanol–water partition coefficient (Wildman–Crippen LogP) is 7.22. The third-order valence-electron chi connectivity index (χ3n) is 27.6. The molecule has 31 nitrogen and oxygen atoms in total. The number of rotatable bonds is 21. The minimum Gasteiger partial charge on any atom is -0.414 e. The Morgan fingerprint density at radius 1 is 0.274 bits per heavy atom. The second kappa shape index (κ2) is 38.0. The summed E-state index contributed by atoms with van der Waals surface area (Å²) in [6, 6.07) is 8.60. The maximum absolute atomic E-state index is 13.4. The highest BCUT2D eigenvalue weighted by atomic mass is 28.4. The monoisotopic (exact) mass is 1770 g/mol. The number of aliphatic hydroxyl groups is 11. The van der Waals surface area contributed by atoms with Gasteiger partial charge >= 0.3 is 0 Å². The van der Waals surface area contributed by atoms with Gasteiger partial charge in [0.05, 0.1) is 57.9 Å². The predicted molar refractivity (Wildman–Crippen MR) is 446 cm³/mol. The van der Waals surface area contributed by atoms with E-state index in [1.165, 1.54) is 0 Å². The lowest BCUT2D eigenvalue weighted by molar-refractivity contribution is -0.404. The summed E-state index contributed by atoms with van der Waals surface area (Å²) in [5.41, 5.74) is 0.883. The highest BCUT2D eigenvalue weighted by molar-refractivity contribution is 6.76. The van der Waals surface area contributed by atoms with Gasteiger partial charge in [-0.25, -0.2) is 0 Å². The molecule has 0 saturated carbocycles. The number of hydrogen-bond donors (Lipinski definition) is 11. The molecule has 22 saturated heterocycles. The van der Waals surface area contributed by atoms with E-state index in [1.807, 2.05) is 203 Å². The topological polar surface area (TPSA) is 422 Å². The lowest BCUT2D eigenvalue weighted by Crippen LogP contribution is -2.69. The van der Waals surface area contributed by atoms with Crippen molar-refractivity contribution in [1.29, 1.82) is 5.26 Å². The van der Waals surface area contributed by atoms with E-state index in [0.717, 1.165) is 0 Å². The summed E-state index contributed by atoms with van der Waals surface area (Å²) in [6.45, 7) is 58.1. The number of nitrogens with zero attached hydrogens (tertiary/aromatic N) is 1. The minimum absolute atomic E-state index is 0.269. The molecule has 0 unspecified atom stereocenters. The molecule has 1 aromatic carbocycles. The van der Waals surface area contributed by atoms with Gasteiger partial charge in [-0.1, -0.05) is 137 Å². The van der Waals surface area contributed by atoms with Gasteiger partial charge in [-0.2, -0.15) is 5.26 Å². The molecule has 1 aromatic rings. The summed E-state index contributed by atoms with van der Waals surface area (Å²) >= 11 is 0. The summed E-state index contributed by atoms with van der Waals surface area (Å²) in [5, 5.41) is 148. The smallest absolute Gasteiger partial charge is 0.192 e. The Balaban J connectivity index is 1.33. The molecule has 23 rings (SSSR count). The number of aliphatic hydroxyl groups excluding tert-OH is 11. The van der Waals surface area contributed by atoms with Crippen molar-refractivity contribution < 1.29 is 144 Å². The fourth-order valence-electron chi connectivity index (χ4n) is 12.9. The molecule has 37 heteroatoms. The zero-order valence-corrected chi connectivity index (χ0v) is 81.2. The zero-order valence-electron chi connectivity index (χ0n) is 75.2. The molecule has 117 heavy (non-hydrogen) atoms. The van der Waals surface area contributed by atoms with Gasteiger partial charge < -0.3 is 144 Å². The van der Waals surface area contributed by atoms with Gasteiger partial charge in [0.1, 0.15) is 146 Å². The van der Waals surface area contributed by atoms with E-state index in [9.17, 15) is 61.4 Å². The number of nitriles is 1. The fraction of sp³-hybridized carbons (Fsp3) is 0.912. The van der Waals surface area contributed by atoms with Crippen LogP contribution in [0.1, 0.15) is 136 Å². The lowest BCUT2D eigenvalue weighted by Gasteiger charge is -2.52. The largest absolute Gasteiger partial charge is 0.414 e. The van der Waals surface area contributed by atoms with Crippen molar-refractivity contribution in [2.45, 2.75) is 424 Å². The van der Waals surface area contributed by atoms with Gasteiger partial charge in [0.25, 0.3) is 0 Å². The first-order valence-electron chi connectivity index (χ1n) is 41.6. The van der Waals surface area contributed by atoms with Gasteiger partial charge in [-0.3, -0.25) is 0 Å². The Kier molecular flexibility index (Phi) is 32.9. The zero-order chi connectivity index (χ0) is 88.4. The van der Waals surface area contributed by atoms with E-state index in [0.29, 0.717) is 11.1 Å². The highest BCUT2D eigenvalue weighted by Crippen LogP contribution is 2.47. The van der Waals surface area contributed by atoms with Crippen molar-refractivity contribution in [3.63, 3.8) is 0 Å². The fourth-order valence-corrected chi connectivity index (χ4v) is 19.0. The van der Waals surface area contributed by atoms with Crippen LogP contribution in [0.25, 0.3) is 0 Å². The quantitative estimate of drug-likeness (QED) is 0.0541. The first kappa shape index (κ1) is 101. The molecule has 11 N–H and O–H groups in total. The third kappa shape index (κ3) is 23.4. The number of hydrogen-bond acceptors (Lipinski definition) is 31. The summed E-state index contributed by atoms with van der Waals surface area (Å²) in [6.07, 6.45) is -53.7. The molecule has 22 aliphatic heterocycles. The van der Waals surface area contributed by atoms with Crippen LogP contribution in [-0.4, -0.2) is 330 Å². The lowest BCUT2D eigenvalue weighted by atomic mass is 9.94. The maximum Gasteiger partial charge on any atom is 0.192 e.